The van der Waals surface area contributed by atoms with Gasteiger partial charge in [0.2, 0.25) is 0 Å². The van der Waals surface area contributed by atoms with Gasteiger partial charge < -0.3 is 10.1 Å². The maximum absolute atomic E-state index is 13.8. The highest BCUT2D eigenvalue weighted by Gasteiger charge is 2.21. The number of carbonyl (C=O) groups excluding carboxylic acids is 1. The van der Waals surface area contributed by atoms with Gasteiger partial charge in [-0.05, 0) is 22.2 Å². The summed E-state index contributed by atoms with van der Waals surface area (Å²) in [5.41, 5.74) is -0.240. The second kappa shape index (κ2) is 5.97. The molecule has 1 amide bonds. The van der Waals surface area contributed by atoms with Crippen molar-refractivity contribution in [3.63, 3.8) is 0 Å². The molecule has 0 atom stereocenters. The SMILES string of the molecule is COc1ncc(Br)c(C(=O)NC(=N)SC)c1F. The van der Waals surface area contributed by atoms with Crippen LogP contribution >= 0.6 is 27.7 Å². The predicted molar refractivity (Wildman–Crippen MR) is 67.2 cm³/mol. The van der Waals surface area contributed by atoms with Gasteiger partial charge in [-0.25, -0.2) is 9.37 Å². The number of nitrogens with zero attached hydrogens (tertiary/aromatic N) is 1. The topological polar surface area (TPSA) is 75.1 Å². The van der Waals surface area contributed by atoms with Gasteiger partial charge in [-0.15, -0.1) is 0 Å². The lowest BCUT2D eigenvalue weighted by Gasteiger charge is -2.09. The summed E-state index contributed by atoms with van der Waals surface area (Å²) in [6.45, 7) is 0. The minimum atomic E-state index is -0.867. The molecule has 0 saturated carbocycles. The Morgan fingerprint density at radius 2 is 2.35 bits per heavy atom. The van der Waals surface area contributed by atoms with E-state index < -0.39 is 11.7 Å². The Kier molecular flexibility index (Phi) is 4.88. The van der Waals surface area contributed by atoms with E-state index in [-0.39, 0.29) is 21.1 Å². The zero-order valence-corrected chi connectivity index (χ0v) is 11.4. The van der Waals surface area contributed by atoms with Gasteiger partial charge in [-0.1, -0.05) is 11.8 Å². The number of amidine groups is 1. The number of ether oxygens (including phenoxy) is 1. The third-order valence-electron chi connectivity index (χ3n) is 1.79. The molecule has 0 spiro atoms. The van der Waals surface area contributed by atoms with E-state index in [1.54, 1.807) is 6.26 Å². The standard InChI is InChI=1S/C9H9BrFN3O2S/c1-16-8-6(11)5(4(10)3-13-8)7(15)14-9(12)17-2/h3H,1-2H3,(H2,12,14,15). The third kappa shape index (κ3) is 3.16. The number of nitrogens with one attached hydrogen (secondary N) is 2. The molecule has 0 aliphatic heterocycles. The zero-order valence-electron chi connectivity index (χ0n) is 9.01. The van der Waals surface area contributed by atoms with Gasteiger partial charge >= 0.3 is 0 Å². The second-order valence-corrected chi connectivity index (χ2v) is 4.46. The summed E-state index contributed by atoms with van der Waals surface area (Å²) >= 11 is 4.06. The molecule has 1 heterocycles. The summed E-state index contributed by atoms with van der Waals surface area (Å²) in [6, 6.07) is 0. The highest BCUT2D eigenvalue weighted by Crippen LogP contribution is 2.24. The van der Waals surface area contributed by atoms with E-state index in [4.69, 9.17) is 5.41 Å². The number of pyridine rings is 1. The lowest BCUT2D eigenvalue weighted by molar-refractivity contribution is 0.0972. The fraction of sp³-hybridized carbons (Fsp3) is 0.222. The van der Waals surface area contributed by atoms with Crippen molar-refractivity contribution < 1.29 is 13.9 Å². The van der Waals surface area contributed by atoms with Crippen molar-refractivity contribution in [1.29, 1.82) is 5.41 Å². The molecule has 1 aromatic heterocycles. The van der Waals surface area contributed by atoms with Crippen molar-refractivity contribution in [2.24, 2.45) is 0 Å². The number of aromatic nitrogens is 1. The van der Waals surface area contributed by atoms with Crippen LogP contribution in [0.2, 0.25) is 0 Å². The molecule has 8 heteroatoms. The Labute approximate surface area is 110 Å². The quantitative estimate of drug-likeness (QED) is 0.645. The lowest BCUT2D eigenvalue weighted by atomic mass is 10.2. The number of halogens is 2. The Hall–Kier alpha value is -1.15. The molecular weight excluding hydrogens is 313 g/mol. The first-order valence-corrected chi connectivity index (χ1v) is 6.35. The van der Waals surface area contributed by atoms with Gasteiger partial charge in [0.25, 0.3) is 11.8 Å². The predicted octanol–water partition coefficient (Wildman–Crippen LogP) is 2.02. The summed E-state index contributed by atoms with van der Waals surface area (Å²) < 4.78 is 18.7. The van der Waals surface area contributed by atoms with E-state index >= 15 is 0 Å². The number of amides is 1. The molecule has 0 aromatic carbocycles. The van der Waals surface area contributed by atoms with Crippen LogP contribution < -0.4 is 10.1 Å². The molecular formula is C9H9BrFN3O2S. The van der Waals surface area contributed by atoms with Crippen LogP contribution in [0.4, 0.5) is 4.39 Å². The summed E-state index contributed by atoms with van der Waals surface area (Å²) in [6.07, 6.45) is 2.89. The summed E-state index contributed by atoms with van der Waals surface area (Å²) in [7, 11) is 1.25. The van der Waals surface area contributed by atoms with Crippen LogP contribution in [-0.4, -0.2) is 29.4 Å². The fourth-order valence-electron chi connectivity index (χ4n) is 1.02. The van der Waals surface area contributed by atoms with Crippen molar-refractivity contribution in [1.82, 2.24) is 10.3 Å². The number of methoxy groups -OCH3 is 1. The average Bonchev–Trinajstić information content (AvgIpc) is 2.29. The maximum atomic E-state index is 13.8. The molecule has 0 bridgehead atoms. The van der Waals surface area contributed by atoms with Crippen LogP contribution in [0.3, 0.4) is 0 Å². The summed E-state index contributed by atoms with van der Waals surface area (Å²) in [5, 5.41) is 9.46. The first-order valence-electron chi connectivity index (χ1n) is 4.33. The van der Waals surface area contributed by atoms with Crippen LogP contribution in [0.1, 0.15) is 10.4 Å². The van der Waals surface area contributed by atoms with Crippen molar-refractivity contribution in [2.75, 3.05) is 13.4 Å². The van der Waals surface area contributed by atoms with Gasteiger partial charge in [-0.3, -0.25) is 10.2 Å². The molecule has 0 radical (unpaired) electrons. The molecule has 0 aliphatic rings. The van der Waals surface area contributed by atoms with E-state index in [2.05, 4.69) is 31.0 Å². The van der Waals surface area contributed by atoms with Gasteiger partial charge in [0.05, 0.1) is 17.1 Å². The molecule has 0 saturated heterocycles. The fourth-order valence-corrected chi connectivity index (χ4v) is 1.67. The number of hydrogen-bond donors (Lipinski definition) is 2. The van der Waals surface area contributed by atoms with E-state index in [1.165, 1.54) is 13.3 Å². The number of rotatable bonds is 2. The Bertz CT molecular complexity index is 470. The molecule has 92 valence electrons. The maximum Gasteiger partial charge on any atom is 0.261 e. The van der Waals surface area contributed by atoms with Crippen LogP contribution in [0, 0.1) is 11.2 Å². The number of hydrogen-bond acceptors (Lipinski definition) is 5. The monoisotopic (exact) mass is 321 g/mol. The molecule has 2 N–H and O–H groups in total. The molecule has 0 unspecified atom stereocenters. The summed E-state index contributed by atoms with van der Waals surface area (Å²) in [4.78, 5) is 15.4. The highest BCUT2D eigenvalue weighted by atomic mass is 79.9. The molecule has 0 aliphatic carbocycles. The number of carbonyl (C=O) groups is 1. The van der Waals surface area contributed by atoms with Crippen LogP contribution in [0.25, 0.3) is 0 Å². The van der Waals surface area contributed by atoms with Crippen molar-refractivity contribution in [3.8, 4) is 5.88 Å². The third-order valence-corrected chi connectivity index (χ3v) is 2.90. The zero-order chi connectivity index (χ0) is 13.0. The first kappa shape index (κ1) is 13.9. The van der Waals surface area contributed by atoms with Crippen LogP contribution in [-0.2, 0) is 0 Å². The van der Waals surface area contributed by atoms with E-state index in [1.807, 2.05) is 0 Å². The minimum absolute atomic E-state index is 0.0721. The lowest BCUT2D eigenvalue weighted by Crippen LogP contribution is -2.28. The molecule has 0 fully saturated rings. The Balaban J connectivity index is 3.12. The summed E-state index contributed by atoms with van der Waals surface area (Å²) in [5.74, 6) is -1.86. The van der Waals surface area contributed by atoms with E-state index in [9.17, 15) is 9.18 Å². The molecule has 1 aromatic rings. The van der Waals surface area contributed by atoms with Gasteiger partial charge in [-0.2, -0.15) is 0 Å². The van der Waals surface area contributed by atoms with Crippen LogP contribution in [0.15, 0.2) is 10.7 Å². The largest absolute Gasteiger partial charge is 0.479 e. The van der Waals surface area contributed by atoms with Gasteiger partial charge in [0, 0.05) is 6.20 Å². The van der Waals surface area contributed by atoms with Gasteiger partial charge in [0.1, 0.15) is 0 Å². The average molecular weight is 322 g/mol. The Morgan fingerprint density at radius 3 is 2.88 bits per heavy atom. The normalized spacial score (nSPS) is 9.88. The van der Waals surface area contributed by atoms with Gasteiger partial charge in [0.15, 0.2) is 11.0 Å². The van der Waals surface area contributed by atoms with E-state index in [0.29, 0.717) is 0 Å². The van der Waals surface area contributed by atoms with Crippen molar-refractivity contribution in [3.05, 3.63) is 22.1 Å². The van der Waals surface area contributed by atoms with Crippen molar-refractivity contribution in [2.45, 2.75) is 0 Å². The molecule has 5 nitrogen and oxygen atoms in total. The number of thioether (sulfide) groups is 1. The second-order valence-electron chi connectivity index (χ2n) is 2.79. The van der Waals surface area contributed by atoms with Crippen molar-refractivity contribution >= 4 is 38.8 Å². The Morgan fingerprint density at radius 1 is 1.71 bits per heavy atom. The first-order chi connectivity index (χ1) is 8.01. The smallest absolute Gasteiger partial charge is 0.261 e. The van der Waals surface area contributed by atoms with E-state index in [0.717, 1.165) is 11.8 Å². The molecule has 17 heavy (non-hydrogen) atoms. The minimum Gasteiger partial charge on any atom is -0.479 e. The highest BCUT2D eigenvalue weighted by molar-refractivity contribution is 9.10. The van der Waals surface area contributed by atoms with Crippen LogP contribution in [0.5, 0.6) is 5.88 Å². The molecule has 1 rings (SSSR count).